The fourth-order valence-electron chi connectivity index (χ4n) is 3.73. The Hall–Kier alpha value is -3.04. The van der Waals surface area contributed by atoms with E-state index in [0.717, 1.165) is 27.8 Å². The van der Waals surface area contributed by atoms with Gasteiger partial charge in [-0.15, -0.1) is 0 Å². The lowest BCUT2D eigenvalue weighted by Gasteiger charge is -2.27. The highest BCUT2D eigenvalue weighted by atomic mass is 35.5. The maximum atomic E-state index is 13.1. The number of hydrogen-bond acceptors (Lipinski definition) is 2. The highest BCUT2D eigenvalue weighted by molar-refractivity contribution is 6.30. The second-order valence-electron chi connectivity index (χ2n) is 7.50. The Balaban J connectivity index is 1.80. The standard InChI is InChI=1S/C25H22ClNO2/c1-16-3-7-18(8-4-16)15-27-23(20-11-13-21(26)14-12-20)22(24(28)25(27)29)19-9-5-17(2)6-10-19/h3-14,23,28H,15H2,1-2H3/t23-/m0/s1. The average molecular weight is 404 g/mol. The molecule has 4 heteroatoms. The molecule has 146 valence electrons. The van der Waals surface area contributed by atoms with E-state index in [0.29, 0.717) is 17.1 Å². The third-order valence-electron chi connectivity index (χ3n) is 5.33. The number of halogens is 1. The zero-order valence-corrected chi connectivity index (χ0v) is 17.1. The summed E-state index contributed by atoms with van der Waals surface area (Å²) in [7, 11) is 0. The Morgan fingerprint density at radius 1 is 0.862 bits per heavy atom. The lowest BCUT2D eigenvalue weighted by Crippen LogP contribution is -2.29. The minimum atomic E-state index is -0.385. The van der Waals surface area contributed by atoms with Gasteiger partial charge in [0.2, 0.25) is 0 Å². The van der Waals surface area contributed by atoms with E-state index < -0.39 is 0 Å². The van der Waals surface area contributed by atoms with E-state index in [4.69, 9.17) is 11.6 Å². The van der Waals surface area contributed by atoms with E-state index in [9.17, 15) is 9.90 Å². The number of nitrogens with zero attached hydrogens (tertiary/aromatic N) is 1. The quantitative estimate of drug-likeness (QED) is 0.579. The van der Waals surface area contributed by atoms with Gasteiger partial charge >= 0.3 is 0 Å². The Bertz CT molecular complexity index is 1070. The van der Waals surface area contributed by atoms with Crippen molar-refractivity contribution in [2.75, 3.05) is 0 Å². The highest BCUT2D eigenvalue weighted by Gasteiger charge is 2.40. The van der Waals surface area contributed by atoms with Crippen molar-refractivity contribution in [3.05, 3.63) is 111 Å². The molecule has 0 spiro atoms. The Kier molecular flexibility index (Phi) is 5.16. The molecular weight excluding hydrogens is 382 g/mol. The first-order valence-corrected chi connectivity index (χ1v) is 9.94. The van der Waals surface area contributed by atoms with E-state index >= 15 is 0 Å². The molecule has 0 fully saturated rings. The molecule has 0 saturated heterocycles. The van der Waals surface area contributed by atoms with Crippen LogP contribution in [0.1, 0.15) is 33.9 Å². The fourth-order valence-corrected chi connectivity index (χ4v) is 3.85. The monoisotopic (exact) mass is 403 g/mol. The first-order valence-electron chi connectivity index (χ1n) is 9.56. The van der Waals surface area contributed by atoms with Crippen LogP contribution in [0, 0.1) is 13.8 Å². The zero-order chi connectivity index (χ0) is 20.5. The van der Waals surface area contributed by atoms with Crippen molar-refractivity contribution in [3.63, 3.8) is 0 Å². The van der Waals surface area contributed by atoms with Gasteiger partial charge in [-0.2, -0.15) is 0 Å². The molecule has 0 aromatic heterocycles. The number of carbonyl (C=O) groups is 1. The summed E-state index contributed by atoms with van der Waals surface area (Å²) in [6, 6.07) is 23.0. The second kappa shape index (κ2) is 7.76. The summed E-state index contributed by atoms with van der Waals surface area (Å²) in [6.07, 6.45) is 0. The minimum absolute atomic E-state index is 0.194. The van der Waals surface area contributed by atoms with Crippen LogP contribution in [-0.2, 0) is 11.3 Å². The van der Waals surface area contributed by atoms with Gasteiger partial charge in [-0.25, -0.2) is 0 Å². The predicted molar refractivity (Wildman–Crippen MR) is 117 cm³/mol. The molecule has 0 aliphatic carbocycles. The van der Waals surface area contributed by atoms with Gasteiger partial charge in [0.25, 0.3) is 5.91 Å². The summed E-state index contributed by atoms with van der Waals surface area (Å²) in [4.78, 5) is 14.8. The van der Waals surface area contributed by atoms with Crippen molar-refractivity contribution in [1.82, 2.24) is 4.90 Å². The molecular formula is C25H22ClNO2. The van der Waals surface area contributed by atoms with Crippen molar-refractivity contribution in [2.45, 2.75) is 26.4 Å². The molecule has 0 saturated carbocycles. The molecule has 0 radical (unpaired) electrons. The number of benzene rings is 3. The molecule has 1 aliphatic rings. The maximum Gasteiger partial charge on any atom is 0.290 e. The van der Waals surface area contributed by atoms with Gasteiger partial charge in [-0.3, -0.25) is 4.79 Å². The fraction of sp³-hybridized carbons (Fsp3) is 0.160. The SMILES string of the molecule is Cc1ccc(CN2C(=O)C(O)=C(c3ccc(C)cc3)[C@@H]2c2ccc(Cl)cc2)cc1. The van der Waals surface area contributed by atoms with Crippen LogP contribution >= 0.6 is 11.6 Å². The topological polar surface area (TPSA) is 40.5 Å². The summed E-state index contributed by atoms with van der Waals surface area (Å²) >= 11 is 6.09. The van der Waals surface area contributed by atoms with Gasteiger partial charge < -0.3 is 10.0 Å². The molecule has 1 aliphatic heterocycles. The Morgan fingerprint density at radius 3 is 2.00 bits per heavy atom. The molecule has 3 aromatic rings. The highest BCUT2D eigenvalue weighted by Crippen LogP contribution is 2.43. The lowest BCUT2D eigenvalue weighted by atomic mass is 9.93. The average Bonchev–Trinajstić information content (AvgIpc) is 2.96. The lowest BCUT2D eigenvalue weighted by molar-refractivity contribution is -0.130. The first-order chi connectivity index (χ1) is 13.9. The van der Waals surface area contributed by atoms with Gasteiger partial charge in [0.1, 0.15) is 0 Å². The van der Waals surface area contributed by atoms with Crippen LogP contribution in [0.25, 0.3) is 5.57 Å². The van der Waals surface area contributed by atoms with Gasteiger partial charge in [0, 0.05) is 17.1 Å². The predicted octanol–water partition coefficient (Wildman–Crippen LogP) is 6.01. The molecule has 4 rings (SSSR count). The van der Waals surface area contributed by atoms with Gasteiger partial charge in [-0.05, 0) is 42.7 Å². The minimum Gasteiger partial charge on any atom is -0.503 e. The summed E-state index contributed by atoms with van der Waals surface area (Å²) in [5, 5.41) is 11.5. The Labute approximate surface area is 175 Å². The van der Waals surface area contributed by atoms with Crippen LogP contribution in [0.3, 0.4) is 0 Å². The summed E-state index contributed by atoms with van der Waals surface area (Å²) in [5.74, 6) is -0.554. The van der Waals surface area contributed by atoms with E-state index in [-0.39, 0.29) is 17.7 Å². The van der Waals surface area contributed by atoms with E-state index in [1.807, 2.05) is 86.6 Å². The van der Waals surface area contributed by atoms with Crippen LogP contribution in [0.2, 0.25) is 5.02 Å². The van der Waals surface area contributed by atoms with Crippen LogP contribution in [0.5, 0.6) is 0 Å². The maximum absolute atomic E-state index is 13.1. The van der Waals surface area contributed by atoms with Gasteiger partial charge in [-0.1, -0.05) is 83.4 Å². The molecule has 1 heterocycles. The molecule has 1 amide bonds. The van der Waals surface area contributed by atoms with Crippen molar-refractivity contribution < 1.29 is 9.90 Å². The summed E-state index contributed by atoms with van der Waals surface area (Å²) in [5.41, 5.74) is 5.68. The largest absolute Gasteiger partial charge is 0.503 e. The zero-order valence-electron chi connectivity index (χ0n) is 16.4. The third-order valence-corrected chi connectivity index (χ3v) is 5.58. The number of amides is 1. The first kappa shape index (κ1) is 19.3. The number of aliphatic hydroxyl groups excluding tert-OH is 1. The normalized spacial score (nSPS) is 16.6. The molecule has 0 unspecified atom stereocenters. The van der Waals surface area contributed by atoms with Crippen LogP contribution < -0.4 is 0 Å². The molecule has 29 heavy (non-hydrogen) atoms. The van der Waals surface area contributed by atoms with Gasteiger partial charge in [0.15, 0.2) is 5.76 Å². The third kappa shape index (κ3) is 3.79. The molecule has 1 N–H and O–H groups in total. The molecule has 3 aromatic carbocycles. The number of aryl methyl sites for hydroxylation is 2. The second-order valence-corrected chi connectivity index (χ2v) is 7.94. The van der Waals surface area contributed by atoms with Crippen molar-refractivity contribution in [1.29, 1.82) is 0 Å². The molecule has 3 nitrogen and oxygen atoms in total. The van der Waals surface area contributed by atoms with Crippen LogP contribution in [0.4, 0.5) is 0 Å². The van der Waals surface area contributed by atoms with Crippen molar-refractivity contribution in [3.8, 4) is 0 Å². The van der Waals surface area contributed by atoms with Crippen molar-refractivity contribution >= 4 is 23.1 Å². The molecule has 1 atom stereocenters. The van der Waals surface area contributed by atoms with E-state index in [2.05, 4.69) is 0 Å². The number of aliphatic hydroxyl groups is 1. The molecule has 0 bridgehead atoms. The van der Waals surface area contributed by atoms with E-state index in [1.54, 1.807) is 4.90 Å². The van der Waals surface area contributed by atoms with Crippen LogP contribution in [-0.4, -0.2) is 15.9 Å². The van der Waals surface area contributed by atoms with Crippen molar-refractivity contribution in [2.24, 2.45) is 0 Å². The number of hydrogen-bond donors (Lipinski definition) is 1. The van der Waals surface area contributed by atoms with Gasteiger partial charge in [0.05, 0.1) is 6.04 Å². The number of carbonyl (C=O) groups excluding carboxylic acids is 1. The number of rotatable bonds is 4. The summed E-state index contributed by atoms with van der Waals surface area (Å²) < 4.78 is 0. The van der Waals surface area contributed by atoms with E-state index in [1.165, 1.54) is 0 Å². The summed E-state index contributed by atoms with van der Waals surface area (Å²) in [6.45, 7) is 4.45. The smallest absolute Gasteiger partial charge is 0.290 e. The Morgan fingerprint density at radius 2 is 1.41 bits per heavy atom. The van der Waals surface area contributed by atoms with Crippen LogP contribution in [0.15, 0.2) is 78.6 Å².